The van der Waals surface area contributed by atoms with Crippen molar-refractivity contribution in [1.29, 1.82) is 0 Å². The maximum absolute atomic E-state index is 12.7. The molecule has 1 aromatic carbocycles. The van der Waals surface area contributed by atoms with E-state index in [2.05, 4.69) is 15.4 Å². The molecule has 1 aliphatic heterocycles. The third-order valence-corrected chi connectivity index (χ3v) is 4.91. The summed E-state index contributed by atoms with van der Waals surface area (Å²) in [7, 11) is 8.28. The van der Waals surface area contributed by atoms with Crippen molar-refractivity contribution in [1.82, 2.24) is 20.0 Å². The molecule has 11 heteroatoms. The average molecular weight is 544 g/mol. The Morgan fingerprint density at radius 1 is 1.16 bits per heavy atom. The second kappa shape index (κ2) is 11.1. The monoisotopic (exact) mass is 544 g/mol. The van der Waals surface area contributed by atoms with Gasteiger partial charge in [-0.3, -0.25) is 14.5 Å². The second-order valence-electron chi connectivity index (χ2n) is 6.77. The number of rotatable bonds is 6. The van der Waals surface area contributed by atoms with Gasteiger partial charge >= 0.3 is 0 Å². The summed E-state index contributed by atoms with van der Waals surface area (Å²) in [6, 6.07) is 3.76. The molecule has 170 valence electrons. The van der Waals surface area contributed by atoms with Gasteiger partial charge in [-0.05, 0) is 17.7 Å². The van der Waals surface area contributed by atoms with Crippen molar-refractivity contribution in [3.8, 4) is 17.2 Å². The van der Waals surface area contributed by atoms with Crippen LogP contribution in [-0.4, -0.2) is 74.6 Å². The molecular formula is C20H29IN6O4. The Morgan fingerprint density at radius 2 is 1.84 bits per heavy atom. The van der Waals surface area contributed by atoms with E-state index >= 15 is 0 Å². The first-order chi connectivity index (χ1) is 14.5. The number of aromatic nitrogens is 2. The SMILES string of the molecule is CN=C(NCc1cc(OC)c(OC)c(OC)c1)N1CCN(c2cnn(C)c2)C(=O)C1.I. The smallest absolute Gasteiger partial charge is 0.246 e. The molecule has 10 nitrogen and oxygen atoms in total. The molecule has 0 saturated carbocycles. The summed E-state index contributed by atoms with van der Waals surface area (Å²) in [6.45, 7) is 1.95. The van der Waals surface area contributed by atoms with E-state index in [1.807, 2.05) is 30.3 Å². The highest BCUT2D eigenvalue weighted by Gasteiger charge is 2.27. The lowest BCUT2D eigenvalue weighted by atomic mass is 10.1. The number of carbonyl (C=O) groups excluding carboxylic acids is 1. The topological polar surface area (TPSA) is 93.5 Å². The normalized spacial score (nSPS) is 14.2. The van der Waals surface area contributed by atoms with Gasteiger partial charge in [0, 0.05) is 39.9 Å². The lowest BCUT2D eigenvalue weighted by Gasteiger charge is -2.35. The lowest BCUT2D eigenvalue weighted by Crippen LogP contribution is -2.55. The molecular weight excluding hydrogens is 515 g/mol. The number of ether oxygens (including phenoxy) is 3. The molecule has 1 amide bonds. The van der Waals surface area contributed by atoms with Crippen molar-refractivity contribution < 1.29 is 19.0 Å². The van der Waals surface area contributed by atoms with Gasteiger partial charge < -0.3 is 29.3 Å². The number of anilines is 1. The van der Waals surface area contributed by atoms with Crippen LogP contribution in [0.5, 0.6) is 17.2 Å². The largest absolute Gasteiger partial charge is 0.493 e. The molecule has 1 aromatic heterocycles. The summed E-state index contributed by atoms with van der Waals surface area (Å²) in [4.78, 5) is 20.7. The number of piperazine rings is 1. The molecule has 1 fully saturated rings. The fourth-order valence-electron chi connectivity index (χ4n) is 3.43. The highest BCUT2D eigenvalue weighted by Crippen LogP contribution is 2.38. The van der Waals surface area contributed by atoms with E-state index in [1.165, 1.54) is 0 Å². The van der Waals surface area contributed by atoms with Gasteiger partial charge in [0.15, 0.2) is 17.5 Å². The molecule has 2 aromatic rings. The molecule has 0 unspecified atom stereocenters. The average Bonchev–Trinajstić information content (AvgIpc) is 3.19. The maximum atomic E-state index is 12.7. The van der Waals surface area contributed by atoms with Crippen LogP contribution in [0.1, 0.15) is 5.56 Å². The van der Waals surface area contributed by atoms with Gasteiger partial charge in [0.25, 0.3) is 0 Å². The van der Waals surface area contributed by atoms with Crippen LogP contribution in [0.3, 0.4) is 0 Å². The van der Waals surface area contributed by atoms with E-state index in [4.69, 9.17) is 14.2 Å². The quantitative estimate of drug-likeness (QED) is 0.335. The van der Waals surface area contributed by atoms with Gasteiger partial charge in [-0.15, -0.1) is 24.0 Å². The molecule has 0 spiro atoms. The zero-order chi connectivity index (χ0) is 21.7. The Morgan fingerprint density at radius 3 is 2.32 bits per heavy atom. The third kappa shape index (κ3) is 5.51. The third-order valence-electron chi connectivity index (χ3n) is 4.91. The Hall–Kier alpha value is -2.70. The van der Waals surface area contributed by atoms with E-state index in [0.29, 0.717) is 42.8 Å². The number of guanidine groups is 1. The van der Waals surface area contributed by atoms with Gasteiger partial charge in [0.05, 0.1) is 33.2 Å². The van der Waals surface area contributed by atoms with Gasteiger partial charge in [-0.25, -0.2) is 0 Å². The minimum atomic E-state index is 0. The fraction of sp³-hybridized carbons (Fsp3) is 0.450. The Balaban J connectivity index is 0.00000341. The van der Waals surface area contributed by atoms with Gasteiger partial charge in [0.2, 0.25) is 11.7 Å². The number of nitrogens with zero attached hydrogens (tertiary/aromatic N) is 5. The highest BCUT2D eigenvalue weighted by atomic mass is 127. The van der Waals surface area contributed by atoms with Crippen LogP contribution in [0.25, 0.3) is 0 Å². The van der Waals surface area contributed by atoms with Crippen LogP contribution in [0.4, 0.5) is 5.69 Å². The fourth-order valence-corrected chi connectivity index (χ4v) is 3.43. The number of methoxy groups -OCH3 is 3. The Labute approximate surface area is 199 Å². The van der Waals surface area contributed by atoms with Gasteiger partial charge in [-0.2, -0.15) is 5.10 Å². The standard InChI is InChI=1S/C20H28N6O4.HI/c1-21-20(22-10-14-8-16(28-3)19(30-5)17(9-14)29-4)25-6-7-26(18(27)13-25)15-11-23-24(2)12-15;/h8-9,11-12H,6-7,10,13H2,1-5H3,(H,21,22);1H. The van der Waals surface area contributed by atoms with Crippen LogP contribution in [0.2, 0.25) is 0 Å². The van der Waals surface area contributed by atoms with Crippen LogP contribution >= 0.6 is 24.0 Å². The van der Waals surface area contributed by atoms with E-state index in [-0.39, 0.29) is 36.4 Å². The number of amides is 1. The first-order valence-electron chi connectivity index (χ1n) is 9.54. The van der Waals surface area contributed by atoms with Crippen molar-refractivity contribution in [2.45, 2.75) is 6.54 Å². The molecule has 0 radical (unpaired) electrons. The molecule has 0 bridgehead atoms. The molecule has 3 rings (SSSR count). The first-order valence-corrected chi connectivity index (χ1v) is 9.54. The summed E-state index contributed by atoms with van der Waals surface area (Å²) in [6.07, 6.45) is 3.54. The number of hydrogen-bond acceptors (Lipinski definition) is 6. The molecule has 1 N–H and O–H groups in total. The molecule has 0 atom stereocenters. The first kappa shape index (κ1) is 24.6. The van der Waals surface area contributed by atoms with Crippen molar-refractivity contribution in [3.63, 3.8) is 0 Å². The Bertz CT molecular complexity index is 907. The summed E-state index contributed by atoms with van der Waals surface area (Å²) in [5.74, 6) is 2.38. The van der Waals surface area contributed by atoms with Gasteiger partial charge in [-0.1, -0.05) is 0 Å². The lowest BCUT2D eigenvalue weighted by molar-refractivity contribution is -0.120. The van der Waals surface area contributed by atoms with Crippen molar-refractivity contribution in [2.24, 2.45) is 12.0 Å². The van der Waals surface area contributed by atoms with Crippen LogP contribution in [0, 0.1) is 0 Å². The maximum Gasteiger partial charge on any atom is 0.246 e. The second-order valence-corrected chi connectivity index (χ2v) is 6.77. The number of carbonyl (C=O) groups is 1. The summed E-state index contributed by atoms with van der Waals surface area (Å²) in [5.41, 5.74) is 1.74. The summed E-state index contributed by atoms with van der Waals surface area (Å²) < 4.78 is 17.9. The predicted octanol–water partition coefficient (Wildman–Crippen LogP) is 1.49. The van der Waals surface area contributed by atoms with Crippen molar-refractivity contribution in [2.75, 3.05) is 52.9 Å². The van der Waals surface area contributed by atoms with Crippen LogP contribution < -0.4 is 24.4 Å². The number of halogens is 1. The van der Waals surface area contributed by atoms with Crippen LogP contribution in [-0.2, 0) is 18.4 Å². The molecule has 2 heterocycles. The predicted molar refractivity (Wildman–Crippen MR) is 129 cm³/mol. The minimum Gasteiger partial charge on any atom is -0.493 e. The number of hydrogen-bond donors (Lipinski definition) is 1. The minimum absolute atomic E-state index is 0. The van der Waals surface area contributed by atoms with E-state index in [0.717, 1.165) is 11.3 Å². The molecule has 1 aliphatic rings. The zero-order valence-corrected chi connectivity index (χ0v) is 20.7. The number of aryl methyl sites for hydroxylation is 1. The summed E-state index contributed by atoms with van der Waals surface area (Å²) >= 11 is 0. The van der Waals surface area contributed by atoms with E-state index < -0.39 is 0 Å². The van der Waals surface area contributed by atoms with Crippen LogP contribution in [0.15, 0.2) is 29.5 Å². The molecule has 0 aliphatic carbocycles. The number of benzene rings is 1. The summed E-state index contributed by atoms with van der Waals surface area (Å²) in [5, 5.41) is 7.46. The molecule has 31 heavy (non-hydrogen) atoms. The van der Waals surface area contributed by atoms with Gasteiger partial charge in [0.1, 0.15) is 6.54 Å². The Kier molecular flexibility index (Phi) is 8.77. The van der Waals surface area contributed by atoms with E-state index in [9.17, 15) is 4.79 Å². The van der Waals surface area contributed by atoms with Crippen molar-refractivity contribution >= 4 is 41.5 Å². The zero-order valence-electron chi connectivity index (χ0n) is 18.4. The van der Waals surface area contributed by atoms with Crippen molar-refractivity contribution in [3.05, 3.63) is 30.1 Å². The number of nitrogens with one attached hydrogen (secondary N) is 1. The number of aliphatic imine (C=N–C) groups is 1. The molecule has 1 saturated heterocycles. The van der Waals surface area contributed by atoms with E-state index in [1.54, 1.807) is 44.2 Å². The highest BCUT2D eigenvalue weighted by molar-refractivity contribution is 14.0.